The predicted octanol–water partition coefficient (Wildman–Crippen LogP) is 1.78. The number of nitrogens with one attached hydrogen (secondary N) is 1. The number of hydrogen-bond acceptors (Lipinski definition) is 4. The van der Waals surface area contributed by atoms with Crippen LogP contribution in [0.4, 0.5) is 5.69 Å². The molecular formula is C17H18N2O4S. The summed E-state index contributed by atoms with van der Waals surface area (Å²) in [4.78, 5) is 14.1. The molecule has 0 spiro atoms. The third kappa shape index (κ3) is 3.27. The predicted molar refractivity (Wildman–Crippen MR) is 90.5 cm³/mol. The number of para-hydroxylation sites is 2. The molecule has 126 valence electrons. The van der Waals surface area contributed by atoms with Gasteiger partial charge >= 0.3 is 0 Å². The van der Waals surface area contributed by atoms with Gasteiger partial charge in [0.2, 0.25) is 10.0 Å². The van der Waals surface area contributed by atoms with Crippen LogP contribution in [0, 0.1) is 0 Å². The summed E-state index contributed by atoms with van der Waals surface area (Å²) in [6.07, 6.45) is -0.452. The summed E-state index contributed by atoms with van der Waals surface area (Å²) in [6.45, 7) is 0.115. The first kappa shape index (κ1) is 16.5. The first-order valence-electron chi connectivity index (χ1n) is 7.57. The molecule has 0 saturated carbocycles. The average molecular weight is 346 g/mol. The van der Waals surface area contributed by atoms with Gasteiger partial charge in [-0.2, -0.15) is 0 Å². The minimum absolute atomic E-state index is 0.115. The largest absolute Gasteiger partial charge is 0.478 e. The molecule has 0 aliphatic carbocycles. The number of fused-ring (bicyclic) bond motifs is 1. The number of amides is 1. The Hall–Kier alpha value is -2.38. The van der Waals surface area contributed by atoms with E-state index < -0.39 is 16.1 Å². The summed E-state index contributed by atoms with van der Waals surface area (Å²) >= 11 is 0. The Morgan fingerprint density at radius 3 is 2.50 bits per heavy atom. The molecule has 1 heterocycles. The van der Waals surface area contributed by atoms with Crippen LogP contribution in [-0.4, -0.2) is 34.0 Å². The normalized spacial score (nSPS) is 17.3. The molecule has 1 amide bonds. The van der Waals surface area contributed by atoms with Gasteiger partial charge in [0.15, 0.2) is 6.10 Å². The topological polar surface area (TPSA) is 75.7 Å². The monoisotopic (exact) mass is 346 g/mol. The van der Waals surface area contributed by atoms with Crippen LogP contribution in [0.15, 0.2) is 59.5 Å². The zero-order valence-electron chi connectivity index (χ0n) is 13.2. The van der Waals surface area contributed by atoms with Crippen LogP contribution in [0.2, 0.25) is 0 Å². The van der Waals surface area contributed by atoms with Gasteiger partial charge in [-0.3, -0.25) is 4.79 Å². The highest BCUT2D eigenvalue weighted by molar-refractivity contribution is 7.89. The second-order valence-electron chi connectivity index (χ2n) is 5.47. The maximum atomic E-state index is 12.3. The first-order valence-corrected chi connectivity index (χ1v) is 9.05. The van der Waals surface area contributed by atoms with Crippen molar-refractivity contribution in [1.82, 2.24) is 4.72 Å². The van der Waals surface area contributed by atoms with Gasteiger partial charge in [-0.15, -0.1) is 0 Å². The minimum atomic E-state index is -3.58. The Labute approximate surface area is 141 Å². The number of carbonyl (C=O) groups is 1. The van der Waals surface area contributed by atoms with E-state index in [0.29, 0.717) is 11.4 Å². The van der Waals surface area contributed by atoms with E-state index in [-0.39, 0.29) is 23.8 Å². The van der Waals surface area contributed by atoms with Gasteiger partial charge in [0, 0.05) is 20.0 Å². The summed E-state index contributed by atoms with van der Waals surface area (Å²) in [6, 6.07) is 15.4. The van der Waals surface area contributed by atoms with Crippen molar-refractivity contribution in [3.63, 3.8) is 0 Å². The van der Waals surface area contributed by atoms with Crippen molar-refractivity contribution in [2.24, 2.45) is 0 Å². The van der Waals surface area contributed by atoms with E-state index in [2.05, 4.69) is 4.72 Å². The zero-order valence-corrected chi connectivity index (χ0v) is 14.0. The molecule has 7 heteroatoms. The molecule has 0 aromatic heterocycles. The highest BCUT2D eigenvalue weighted by Crippen LogP contribution is 2.33. The minimum Gasteiger partial charge on any atom is -0.478 e. The lowest BCUT2D eigenvalue weighted by Gasteiger charge is -2.31. The Kier molecular flexibility index (Phi) is 4.55. The fourth-order valence-electron chi connectivity index (χ4n) is 2.56. The molecule has 0 saturated heterocycles. The first-order chi connectivity index (χ1) is 11.5. The summed E-state index contributed by atoms with van der Waals surface area (Å²) < 4.78 is 32.6. The fourth-order valence-corrected chi connectivity index (χ4v) is 3.63. The SMILES string of the molecule is CN1C(=O)C(CCNS(=O)(=O)c2ccccc2)Oc2ccccc21. The number of ether oxygens (including phenoxy) is 1. The second-order valence-corrected chi connectivity index (χ2v) is 7.24. The molecule has 1 aliphatic heterocycles. The van der Waals surface area contributed by atoms with Crippen molar-refractivity contribution in [3.8, 4) is 5.75 Å². The smallest absolute Gasteiger partial charge is 0.267 e. The van der Waals surface area contributed by atoms with Crippen molar-refractivity contribution in [1.29, 1.82) is 0 Å². The second kappa shape index (κ2) is 6.62. The van der Waals surface area contributed by atoms with Crippen molar-refractivity contribution in [2.75, 3.05) is 18.5 Å². The van der Waals surface area contributed by atoms with Crippen molar-refractivity contribution in [2.45, 2.75) is 17.4 Å². The third-order valence-corrected chi connectivity index (χ3v) is 5.33. The number of rotatable bonds is 5. The molecule has 1 atom stereocenters. The summed E-state index contributed by atoms with van der Waals surface area (Å²) in [5.74, 6) is 0.433. The lowest BCUT2D eigenvalue weighted by Crippen LogP contribution is -2.45. The van der Waals surface area contributed by atoms with Crippen molar-refractivity contribution in [3.05, 3.63) is 54.6 Å². The van der Waals surface area contributed by atoms with Gasteiger partial charge in [0.25, 0.3) is 5.91 Å². The third-order valence-electron chi connectivity index (χ3n) is 3.85. The van der Waals surface area contributed by atoms with E-state index in [1.165, 1.54) is 17.0 Å². The lowest BCUT2D eigenvalue weighted by molar-refractivity contribution is -0.126. The number of nitrogens with zero attached hydrogens (tertiary/aromatic N) is 1. The van der Waals surface area contributed by atoms with E-state index in [4.69, 9.17) is 4.74 Å². The number of likely N-dealkylation sites (N-methyl/N-ethyl adjacent to an activating group) is 1. The summed E-state index contributed by atoms with van der Waals surface area (Å²) in [7, 11) is -1.90. The summed E-state index contributed by atoms with van der Waals surface area (Å²) in [5, 5.41) is 0. The van der Waals surface area contributed by atoms with Gasteiger partial charge in [-0.05, 0) is 24.3 Å². The average Bonchev–Trinajstić information content (AvgIpc) is 2.60. The number of carbonyl (C=O) groups excluding carboxylic acids is 1. The van der Waals surface area contributed by atoms with Crippen LogP contribution in [-0.2, 0) is 14.8 Å². The molecule has 1 N–H and O–H groups in total. The van der Waals surface area contributed by atoms with Gasteiger partial charge in [-0.25, -0.2) is 13.1 Å². The molecule has 0 radical (unpaired) electrons. The van der Waals surface area contributed by atoms with E-state index in [1.54, 1.807) is 31.3 Å². The van der Waals surface area contributed by atoms with Crippen molar-refractivity contribution >= 4 is 21.6 Å². The molecular weight excluding hydrogens is 328 g/mol. The molecule has 6 nitrogen and oxygen atoms in total. The Morgan fingerprint density at radius 2 is 1.75 bits per heavy atom. The fraction of sp³-hybridized carbons (Fsp3) is 0.235. The van der Waals surface area contributed by atoms with Gasteiger partial charge in [0.1, 0.15) is 5.75 Å². The lowest BCUT2D eigenvalue weighted by atomic mass is 10.1. The van der Waals surface area contributed by atoms with Crippen LogP contribution in [0.3, 0.4) is 0 Å². The van der Waals surface area contributed by atoms with Gasteiger partial charge in [-0.1, -0.05) is 30.3 Å². The van der Waals surface area contributed by atoms with Crippen LogP contribution in [0.25, 0.3) is 0 Å². The highest BCUT2D eigenvalue weighted by Gasteiger charge is 2.31. The highest BCUT2D eigenvalue weighted by atomic mass is 32.2. The van der Waals surface area contributed by atoms with Gasteiger partial charge in [0.05, 0.1) is 10.6 Å². The van der Waals surface area contributed by atoms with Crippen LogP contribution in [0.1, 0.15) is 6.42 Å². The Bertz CT molecular complexity index is 837. The van der Waals surface area contributed by atoms with E-state index in [0.717, 1.165) is 0 Å². The quantitative estimate of drug-likeness (QED) is 0.895. The van der Waals surface area contributed by atoms with Crippen molar-refractivity contribution < 1.29 is 17.9 Å². The number of hydrogen-bond donors (Lipinski definition) is 1. The standard InChI is InChI=1S/C17H18N2O4S/c1-19-14-9-5-6-10-15(14)23-16(17(19)20)11-12-18-24(21,22)13-7-3-2-4-8-13/h2-10,16,18H,11-12H2,1H3. The Morgan fingerprint density at radius 1 is 1.08 bits per heavy atom. The zero-order chi connectivity index (χ0) is 17.2. The molecule has 3 rings (SSSR count). The van der Waals surface area contributed by atoms with E-state index in [1.807, 2.05) is 18.2 Å². The Balaban J connectivity index is 1.65. The number of sulfonamides is 1. The van der Waals surface area contributed by atoms with E-state index in [9.17, 15) is 13.2 Å². The molecule has 0 bridgehead atoms. The van der Waals surface area contributed by atoms with Gasteiger partial charge < -0.3 is 9.64 Å². The van der Waals surface area contributed by atoms with Crippen LogP contribution in [0.5, 0.6) is 5.75 Å². The number of benzene rings is 2. The van der Waals surface area contributed by atoms with E-state index >= 15 is 0 Å². The van der Waals surface area contributed by atoms with Crippen LogP contribution < -0.4 is 14.4 Å². The molecule has 0 fully saturated rings. The maximum Gasteiger partial charge on any atom is 0.267 e. The molecule has 2 aromatic carbocycles. The molecule has 1 aliphatic rings. The molecule has 2 aromatic rings. The molecule has 1 unspecified atom stereocenters. The summed E-state index contributed by atoms with van der Waals surface area (Å²) in [5.41, 5.74) is 0.712. The van der Waals surface area contributed by atoms with Crippen LogP contribution >= 0.6 is 0 Å². The number of anilines is 1. The maximum absolute atomic E-state index is 12.3. The molecule has 24 heavy (non-hydrogen) atoms.